The summed E-state index contributed by atoms with van der Waals surface area (Å²) in [4.78, 5) is 2.44. The number of piperidine rings is 1. The van der Waals surface area contributed by atoms with Crippen molar-refractivity contribution < 1.29 is 0 Å². The van der Waals surface area contributed by atoms with Gasteiger partial charge >= 0.3 is 0 Å². The topological polar surface area (TPSA) is 72.9 Å². The Bertz CT molecular complexity index is 580. The molecule has 1 aromatic carbocycles. The van der Waals surface area contributed by atoms with Crippen LogP contribution in [0.15, 0.2) is 24.3 Å². The van der Waals surface area contributed by atoms with Gasteiger partial charge in [0.15, 0.2) is 5.82 Å². The summed E-state index contributed by atoms with van der Waals surface area (Å²) < 4.78 is 1.70. The molecule has 6 heteroatoms. The van der Waals surface area contributed by atoms with E-state index in [0.717, 1.165) is 24.7 Å². The molecule has 6 nitrogen and oxygen atoms in total. The summed E-state index contributed by atoms with van der Waals surface area (Å²) in [6.45, 7) is 6.48. The van der Waals surface area contributed by atoms with Crippen LogP contribution in [0.2, 0.25) is 0 Å². The van der Waals surface area contributed by atoms with Gasteiger partial charge in [-0.3, -0.25) is 0 Å². The number of hydrogen-bond donors (Lipinski definition) is 1. The van der Waals surface area contributed by atoms with Crippen LogP contribution in [0, 0.1) is 5.92 Å². The van der Waals surface area contributed by atoms with Crippen LogP contribution >= 0.6 is 0 Å². The molecule has 2 heterocycles. The molecule has 0 saturated carbocycles. The smallest absolute Gasteiger partial charge is 0.173 e. The molecule has 0 amide bonds. The summed E-state index contributed by atoms with van der Waals surface area (Å²) in [5, 5.41) is 11.7. The highest BCUT2D eigenvalue weighted by molar-refractivity contribution is 5.51. The van der Waals surface area contributed by atoms with Gasteiger partial charge < -0.3 is 10.6 Å². The first-order chi connectivity index (χ1) is 10.1. The quantitative estimate of drug-likeness (QED) is 0.933. The minimum atomic E-state index is -0.191. The van der Waals surface area contributed by atoms with Crippen LogP contribution in [0.5, 0.6) is 0 Å². The summed E-state index contributed by atoms with van der Waals surface area (Å²) in [5.74, 6) is 1.52. The maximum atomic E-state index is 5.88. The van der Waals surface area contributed by atoms with Crippen molar-refractivity contribution >= 4 is 5.69 Å². The predicted octanol–water partition coefficient (Wildman–Crippen LogP) is 1.92. The van der Waals surface area contributed by atoms with E-state index in [9.17, 15) is 0 Å². The minimum absolute atomic E-state index is 0.191. The first-order valence-corrected chi connectivity index (χ1v) is 7.54. The molecule has 1 aliphatic heterocycles. The zero-order chi connectivity index (χ0) is 14.8. The summed E-state index contributed by atoms with van der Waals surface area (Å²) in [6.07, 6.45) is 2.53. The minimum Gasteiger partial charge on any atom is -0.372 e. The fraction of sp³-hybridized carbons (Fsp3) is 0.533. The van der Waals surface area contributed by atoms with Crippen molar-refractivity contribution in [3.63, 3.8) is 0 Å². The Morgan fingerprint density at radius 1 is 1.14 bits per heavy atom. The SMILES string of the molecule is CC1CCN(c2ccc(-n3nnnc3C(C)N)cc2)CC1. The highest BCUT2D eigenvalue weighted by atomic mass is 15.5. The average Bonchev–Trinajstić information content (AvgIpc) is 2.98. The number of hydrogen-bond acceptors (Lipinski definition) is 5. The van der Waals surface area contributed by atoms with Crippen molar-refractivity contribution in [1.82, 2.24) is 20.2 Å². The second kappa shape index (κ2) is 5.81. The Hall–Kier alpha value is -1.95. The summed E-state index contributed by atoms with van der Waals surface area (Å²) in [7, 11) is 0. The van der Waals surface area contributed by atoms with Crippen LogP contribution in [-0.2, 0) is 0 Å². The Labute approximate surface area is 124 Å². The summed E-state index contributed by atoms with van der Waals surface area (Å²) >= 11 is 0. The van der Waals surface area contributed by atoms with Gasteiger partial charge in [-0.1, -0.05) is 6.92 Å². The molecule has 1 aromatic heterocycles. The van der Waals surface area contributed by atoms with Crippen molar-refractivity contribution in [3.8, 4) is 5.69 Å². The normalized spacial score (nSPS) is 18.0. The summed E-state index contributed by atoms with van der Waals surface area (Å²) in [6, 6.07) is 8.18. The van der Waals surface area contributed by atoms with E-state index in [1.54, 1.807) is 4.68 Å². The lowest BCUT2D eigenvalue weighted by atomic mass is 9.99. The molecule has 0 spiro atoms. The zero-order valence-electron chi connectivity index (χ0n) is 12.6. The van der Waals surface area contributed by atoms with Crippen LogP contribution in [0.3, 0.4) is 0 Å². The fourth-order valence-electron chi connectivity index (χ4n) is 2.73. The highest BCUT2D eigenvalue weighted by Gasteiger charge is 2.16. The van der Waals surface area contributed by atoms with Crippen molar-refractivity contribution in [3.05, 3.63) is 30.1 Å². The van der Waals surface area contributed by atoms with E-state index in [4.69, 9.17) is 5.73 Å². The maximum absolute atomic E-state index is 5.88. The number of benzene rings is 1. The molecule has 1 fully saturated rings. The first-order valence-electron chi connectivity index (χ1n) is 7.54. The van der Waals surface area contributed by atoms with Gasteiger partial charge in [-0.25, -0.2) is 0 Å². The van der Waals surface area contributed by atoms with Gasteiger partial charge in [0.2, 0.25) is 0 Å². The van der Waals surface area contributed by atoms with E-state index in [1.807, 2.05) is 6.92 Å². The van der Waals surface area contributed by atoms with Crippen molar-refractivity contribution in [1.29, 1.82) is 0 Å². The highest BCUT2D eigenvalue weighted by Crippen LogP contribution is 2.24. The van der Waals surface area contributed by atoms with Gasteiger partial charge in [0.1, 0.15) is 0 Å². The fourth-order valence-corrected chi connectivity index (χ4v) is 2.73. The molecule has 21 heavy (non-hydrogen) atoms. The van der Waals surface area contributed by atoms with Crippen LogP contribution in [0.1, 0.15) is 38.6 Å². The third-order valence-corrected chi connectivity index (χ3v) is 4.14. The molecular weight excluding hydrogens is 264 g/mol. The van der Waals surface area contributed by atoms with E-state index in [-0.39, 0.29) is 6.04 Å². The van der Waals surface area contributed by atoms with E-state index in [2.05, 4.69) is 51.6 Å². The van der Waals surface area contributed by atoms with E-state index >= 15 is 0 Å². The van der Waals surface area contributed by atoms with E-state index in [0.29, 0.717) is 5.82 Å². The Balaban J connectivity index is 1.79. The number of tetrazole rings is 1. The number of anilines is 1. The molecule has 0 aliphatic carbocycles. The second-order valence-corrected chi connectivity index (χ2v) is 5.92. The largest absolute Gasteiger partial charge is 0.372 e. The number of aromatic nitrogens is 4. The first kappa shape index (κ1) is 14.0. The van der Waals surface area contributed by atoms with Crippen LogP contribution in [0.25, 0.3) is 5.69 Å². The molecule has 0 bridgehead atoms. The average molecular weight is 286 g/mol. The monoisotopic (exact) mass is 286 g/mol. The molecule has 112 valence electrons. The Kier molecular flexibility index (Phi) is 3.88. The molecule has 0 radical (unpaired) electrons. The molecule has 1 atom stereocenters. The number of nitrogens with zero attached hydrogens (tertiary/aromatic N) is 5. The van der Waals surface area contributed by atoms with Gasteiger partial charge in [0.05, 0.1) is 11.7 Å². The van der Waals surface area contributed by atoms with Crippen molar-refractivity contribution in [2.24, 2.45) is 11.7 Å². The van der Waals surface area contributed by atoms with Gasteiger partial charge in [-0.05, 0) is 60.4 Å². The lowest BCUT2D eigenvalue weighted by Gasteiger charge is -2.32. The van der Waals surface area contributed by atoms with E-state index < -0.39 is 0 Å². The number of nitrogens with two attached hydrogens (primary N) is 1. The summed E-state index contributed by atoms with van der Waals surface area (Å²) in [5.41, 5.74) is 8.10. The standard InChI is InChI=1S/C15H22N6/c1-11-7-9-20(10-8-11)13-3-5-14(6-4-13)21-15(12(2)16)17-18-19-21/h3-6,11-12H,7-10,16H2,1-2H3. The molecule has 2 aromatic rings. The lowest BCUT2D eigenvalue weighted by Crippen LogP contribution is -2.32. The molecule has 1 unspecified atom stereocenters. The van der Waals surface area contributed by atoms with Crippen LogP contribution in [0.4, 0.5) is 5.69 Å². The number of rotatable bonds is 3. The van der Waals surface area contributed by atoms with E-state index in [1.165, 1.54) is 18.5 Å². The molecule has 1 saturated heterocycles. The molecule has 1 aliphatic rings. The van der Waals surface area contributed by atoms with Crippen molar-refractivity contribution in [2.45, 2.75) is 32.7 Å². The third-order valence-electron chi connectivity index (χ3n) is 4.14. The Morgan fingerprint density at radius 3 is 2.38 bits per heavy atom. The molecule has 2 N–H and O–H groups in total. The zero-order valence-corrected chi connectivity index (χ0v) is 12.6. The second-order valence-electron chi connectivity index (χ2n) is 5.92. The lowest BCUT2D eigenvalue weighted by molar-refractivity contribution is 0.438. The van der Waals surface area contributed by atoms with Crippen LogP contribution in [-0.4, -0.2) is 33.3 Å². The molecular formula is C15H22N6. The Morgan fingerprint density at radius 2 is 1.76 bits per heavy atom. The van der Waals surface area contributed by atoms with Gasteiger partial charge in [0, 0.05) is 18.8 Å². The van der Waals surface area contributed by atoms with Gasteiger partial charge in [-0.15, -0.1) is 5.10 Å². The van der Waals surface area contributed by atoms with Gasteiger partial charge in [0.25, 0.3) is 0 Å². The predicted molar refractivity (Wildman–Crippen MR) is 82.4 cm³/mol. The maximum Gasteiger partial charge on any atom is 0.173 e. The molecule has 3 rings (SSSR count). The van der Waals surface area contributed by atoms with Gasteiger partial charge in [-0.2, -0.15) is 4.68 Å². The van der Waals surface area contributed by atoms with Crippen molar-refractivity contribution in [2.75, 3.05) is 18.0 Å². The van der Waals surface area contributed by atoms with Crippen LogP contribution < -0.4 is 10.6 Å². The third kappa shape index (κ3) is 2.90.